The van der Waals surface area contributed by atoms with Crippen molar-refractivity contribution in [3.63, 3.8) is 0 Å². The van der Waals surface area contributed by atoms with Gasteiger partial charge in [-0.05, 0) is 57.7 Å². The number of benzene rings is 1. The minimum Gasteiger partial charge on any atom is -0.393 e. The van der Waals surface area contributed by atoms with Crippen LogP contribution < -0.4 is 0 Å². The normalized spacial score (nSPS) is 26.6. The molecule has 2 aliphatic rings. The fourth-order valence-electron chi connectivity index (χ4n) is 3.58. The van der Waals surface area contributed by atoms with E-state index < -0.39 is 5.60 Å². The Morgan fingerprint density at radius 1 is 1.26 bits per heavy atom. The Balaban J connectivity index is 1.82. The van der Waals surface area contributed by atoms with Crippen molar-refractivity contribution in [2.45, 2.75) is 63.3 Å². The maximum Gasteiger partial charge on any atom is 0.254 e. The summed E-state index contributed by atoms with van der Waals surface area (Å²) in [6.07, 6.45) is 3.04. The van der Waals surface area contributed by atoms with Crippen molar-refractivity contribution in [3.8, 4) is 11.8 Å². The lowest BCUT2D eigenvalue weighted by Gasteiger charge is -2.37. The van der Waals surface area contributed by atoms with Crippen molar-refractivity contribution in [1.82, 2.24) is 4.90 Å². The van der Waals surface area contributed by atoms with E-state index in [4.69, 9.17) is 0 Å². The largest absolute Gasteiger partial charge is 0.393 e. The molecule has 3 rings (SSSR count). The monoisotopic (exact) mass is 313 g/mol. The molecule has 1 amide bonds. The maximum absolute atomic E-state index is 12.9. The van der Waals surface area contributed by atoms with Gasteiger partial charge in [-0.25, -0.2) is 0 Å². The van der Waals surface area contributed by atoms with E-state index in [1.807, 2.05) is 23.1 Å². The molecule has 3 atom stereocenters. The van der Waals surface area contributed by atoms with Gasteiger partial charge in [-0.1, -0.05) is 17.9 Å². The van der Waals surface area contributed by atoms with Gasteiger partial charge in [0.15, 0.2) is 0 Å². The van der Waals surface area contributed by atoms with E-state index in [2.05, 4.69) is 11.8 Å². The van der Waals surface area contributed by atoms with Gasteiger partial charge in [-0.3, -0.25) is 4.79 Å². The van der Waals surface area contributed by atoms with E-state index in [-0.39, 0.29) is 24.1 Å². The zero-order chi connectivity index (χ0) is 16.6. The van der Waals surface area contributed by atoms with E-state index in [1.54, 1.807) is 19.9 Å². The van der Waals surface area contributed by atoms with Crippen molar-refractivity contribution in [3.05, 3.63) is 35.4 Å². The van der Waals surface area contributed by atoms with Crippen LogP contribution in [0.2, 0.25) is 0 Å². The van der Waals surface area contributed by atoms with Gasteiger partial charge in [0, 0.05) is 23.2 Å². The molecule has 2 fully saturated rings. The number of nitrogens with zero attached hydrogens (tertiary/aromatic N) is 1. The molecule has 0 saturated carbocycles. The summed E-state index contributed by atoms with van der Waals surface area (Å²) >= 11 is 0. The highest BCUT2D eigenvalue weighted by Gasteiger charge is 2.42. The van der Waals surface area contributed by atoms with Gasteiger partial charge in [0.25, 0.3) is 5.91 Å². The number of hydrogen-bond donors (Lipinski definition) is 2. The number of aliphatic hydroxyl groups excluding tert-OH is 1. The highest BCUT2D eigenvalue weighted by Crippen LogP contribution is 2.36. The summed E-state index contributed by atoms with van der Waals surface area (Å²) in [5, 5.41) is 19.6. The number of piperidine rings is 1. The molecular formula is C19H23NO3. The maximum atomic E-state index is 12.9. The fourth-order valence-corrected chi connectivity index (χ4v) is 3.58. The van der Waals surface area contributed by atoms with Crippen LogP contribution in [0.25, 0.3) is 0 Å². The van der Waals surface area contributed by atoms with Gasteiger partial charge in [0.05, 0.1) is 6.10 Å². The zero-order valence-corrected chi connectivity index (χ0v) is 13.6. The van der Waals surface area contributed by atoms with E-state index in [1.165, 1.54) is 0 Å². The summed E-state index contributed by atoms with van der Waals surface area (Å²) in [7, 11) is 0. The first-order chi connectivity index (χ1) is 10.8. The van der Waals surface area contributed by atoms with E-state index in [0.717, 1.165) is 18.4 Å². The number of aliphatic hydroxyl groups is 2. The second kappa shape index (κ2) is 5.99. The zero-order valence-electron chi connectivity index (χ0n) is 13.6. The Morgan fingerprint density at radius 3 is 2.52 bits per heavy atom. The minimum absolute atomic E-state index is 0.0244. The molecule has 23 heavy (non-hydrogen) atoms. The van der Waals surface area contributed by atoms with E-state index >= 15 is 0 Å². The Hall–Kier alpha value is -1.83. The van der Waals surface area contributed by atoms with Gasteiger partial charge in [-0.15, -0.1) is 0 Å². The standard InChI is InChI=1S/C19H23NO3/c1-19(2,23)9-8-13-4-3-5-14(10-13)18(22)20-15-6-7-16(20)12-17(21)11-15/h3-5,10,15-17,21,23H,6-7,11-12H2,1-2H3/t15-,16+,17?. The number of fused-ring (bicyclic) bond motifs is 2. The fraction of sp³-hybridized carbons (Fsp3) is 0.526. The first kappa shape index (κ1) is 16.0. The first-order valence-electron chi connectivity index (χ1n) is 8.20. The van der Waals surface area contributed by atoms with Crippen LogP contribution in [-0.2, 0) is 0 Å². The molecule has 2 aliphatic heterocycles. The quantitative estimate of drug-likeness (QED) is 0.779. The summed E-state index contributed by atoms with van der Waals surface area (Å²) in [4.78, 5) is 14.8. The molecule has 0 aromatic heterocycles. The van der Waals surface area contributed by atoms with Crippen LogP contribution >= 0.6 is 0 Å². The second-order valence-corrected chi connectivity index (χ2v) is 7.11. The number of amides is 1. The molecule has 1 aromatic carbocycles. The van der Waals surface area contributed by atoms with Crippen LogP contribution in [0.1, 0.15) is 55.5 Å². The van der Waals surface area contributed by atoms with Crippen molar-refractivity contribution in [1.29, 1.82) is 0 Å². The lowest BCUT2D eigenvalue weighted by Crippen LogP contribution is -2.48. The van der Waals surface area contributed by atoms with Gasteiger partial charge >= 0.3 is 0 Å². The van der Waals surface area contributed by atoms with Crippen LogP contribution in [0, 0.1) is 11.8 Å². The summed E-state index contributed by atoms with van der Waals surface area (Å²) in [6, 6.07) is 7.56. The smallest absolute Gasteiger partial charge is 0.254 e. The average Bonchev–Trinajstić information content (AvgIpc) is 2.76. The summed E-state index contributed by atoms with van der Waals surface area (Å²) < 4.78 is 0. The number of carbonyl (C=O) groups excluding carboxylic acids is 1. The highest BCUT2D eigenvalue weighted by atomic mass is 16.3. The third-order valence-corrected chi connectivity index (χ3v) is 4.56. The highest BCUT2D eigenvalue weighted by molar-refractivity contribution is 5.95. The van der Waals surface area contributed by atoms with Crippen molar-refractivity contribution >= 4 is 5.91 Å². The molecule has 122 valence electrons. The Kier molecular flexibility index (Phi) is 4.18. The van der Waals surface area contributed by atoms with Gasteiger partial charge < -0.3 is 15.1 Å². The lowest BCUT2D eigenvalue weighted by molar-refractivity contribution is 0.0287. The molecule has 2 saturated heterocycles. The van der Waals surface area contributed by atoms with Crippen molar-refractivity contribution in [2.75, 3.05) is 0 Å². The molecule has 4 heteroatoms. The second-order valence-electron chi connectivity index (χ2n) is 7.11. The van der Waals surface area contributed by atoms with Crippen LogP contribution in [0.5, 0.6) is 0 Å². The topological polar surface area (TPSA) is 60.8 Å². The minimum atomic E-state index is -1.05. The molecule has 2 heterocycles. The van der Waals surface area contributed by atoms with E-state index in [0.29, 0.717) is 18.4 Å². The van der Waals surface area contributed by atoms with Gasteiger partial charge in [0.2, 0.25) is 0 Å². The molecule has 2 bridgehead atoms. The Morgan fingerprint density at radius 2 is 1.91 bits per heavy atom. The molecule has 1 aromatic rings. The SMILES string of the molecule is CC(C)(O)C#Cc1cccc(C(=O)N2[C@@H]3CC[C@H]2CC(O)C3)c1. The summed E-state index contributed by atoms with van der Waals surface area (Å²) in [6.45, 7) is 3.26. The van der Waals surface area contributed by atoms with Crippen LogP contribution in [-0.4, -0.2) is 44.8 Å². The molecule has 4 nitrogen and oxygen atoms in total. The lowest BCUT2D eigenvalue weighted by atomic mass is 9.98. The number of rotatable bonds is 1. The van der Waals surface area contributed by atoms with Gasteiger partial charge in [-0.2, -0.15) is 0 Å². The van der Waals surface area contributed by atoms with Crippen LogP contribution in [0.3, 0.4) is 0 Å². The predicted octanol–water partition coefficient (Wildman–Crippen LogP) is 1.94. The molecule has 1 unspecified atom stereocenters. The number of carbonyl (C=O) groups is 1. The summed E-state index contributed by atoms with van der Waals surface area (Å²) in [5.41, 5.74) is 0.297. The average molecular weight is 313 g/mol. The Labute approximate surface area is 137 Å². The first-order valence-corrected chi connectivity index (χ1v) is 8.20. The van der Waals surface area contributed by atoms with Gasteiger partial charge in [0.1, 0.15) is 5.60 Å². The summed E-state index contributed by atoms with van der Waals surface area (Å²) in [5.74, 6) is 5.71. The van der Waals surface area contributed by atoms with Crippen LogP contribution in [0.4, 0.5) is 0 Å². The molecule has 2 N–H and O–H groups in total. The third kappa shape index (κ3) is 3.57. The third-order valence-electron chi connectivity index (χ3n) is 4.56. The van der Waals surface area contributed by atoms with E-state index in [9.17, 15) is 15.0 Å². The van der Waals surface area contributed by atoms with Crippen molar-refractivity contribution < 1.29 is 15.0 Å². The predicted molar refractivity (Wildman–Crippen MR) is 87.8 cm³/mol. The van der Waals surface area contributed by atoms with Crippen LogP contribution in [0.15, 0.2) is 24.3 Å². The molecule has 0 radical (unpaired) electrons. The van der Waals surface area contributed by atoms with Crippen molar-refractivity contribution in [2.24, 2.45) is 0 Å². The molecule has 0 aliphatic carbocycles. The Bertz CT molecular complexity index is 651. The molecular weight excluding hydrogens is 290 g/mol. The molecule has 0 spiro atoms. The number of hydrogen-bond acceptors (Lipinski definition) is 3.